The molecule has 3 rings (SSSR count). The normalized spacial score (nSPS) is 10.4. The van der Waals surface area contributed by atoms with E-state index in [1.54, 1.807) is 5.38 Å². The molecule has 0 aliphatic rings. The highest BCUT2D eigenvalue weighted by Crippen LogP contribution is 2.25. The van der Waals surface area contributed by atoms with E-state index in [0.29, 0.717) is 5.69 Å². The molecule has 6 nitrogen and oxygen atoms in total. The maximum Gasteiger partial charge on any atom is 0.345 e. The molecular formula is C17H11ClN2O4S. The lowest BCUT2D eigenvalue weighted by Crippen LogP contribution is -2.08. The van der Waals surface area contributed by atoms with Gasteiger partial charge in [0.05, 0.1) is 10.6 Å². The van der Waals surface area contributed by atoms with Crippen LogP contribution < -0.4 is 0 Å². The van der Waals surface area contributed by atoms with Gasteiger partial charge in [-0.25, -0.2) is 9.78 Å². The van der Waals surface area contributed by atoms with Gasteiger partial charge in [0.1, 0.15) is 17.2 Å². The standard InChI is InChI=1S/C17H11ClN2O4S/c18-12-6-7-15(20(22)23)14(8-12)17(21)24-9-13-10-25-16(19-13)11-4-2-1-3-5-11/h1-8,10H,9H2. The van der Waals surface area contributed by atoms with Gasteiger partial charge in [0.25, 0.3) is 5.69 Å². The number of nitro benzene ring substituents is 1. The van der Waals surface area contributed by atoms with Crippen LogP contribution in [-0.2, 0) is 11.3 Å². The van der Waals surface area contributed by atoms with Crippen LogP contribution in [-0.4, -0.2) is 15.9 Å². The van der Waals surface area contributed by atoms with E-state index in [1.807, 2.05) is 30.3 Å². The summed E-state index contributed by atoms with van der Waals surface area (Å²) in [6.45, 7) is -0.0775. The van der Waals surface area contributed by atoms with E-state index in [2.05, 4.69) is 4.98 Å². The molecule has 1 aromatic heterocycles. The summed E-state index contributed by atoms with van der Waals surface area (Å²) in [5.74, 6) is -0.816. The number of carbonyl (C=O) groups is 1. The maximum absolute atomic E-state index is 12.2. The van der Waals surface area contributed by atoms with Crippen molar-refractivity contribution in [3.05, 3.63) is 80.3 Å². The third-order valence-corrected chi connectivity index (χ3v) is 4.47. The largest absolute Gasteiger partial charge is 0.455 e. The predicted octanol–water partition coefficient (Wildman–Crippen LogP) is 4.73. The molecule has 0 bridgehead atoms. The van der Waals surface area contributed by atoms with E-state index in [4.69, 9.17) is 16.3 Å². The van der Waals surface area contributed by atoms with Crippen LogP contribution in [0, 0.1) is 10.1 Å². The first-order valence-corrected chi connectivity index (χ1v) is 8.41. The van der Waals surface area contributed by atoms with Gasteiger partial charge in [-0.05, 0) is 12.1 Å². The van der Waals surface area contributed by atoms with Crippen LogP contribution >= 0.6 is 22.9 Å². The molecule has 0 saturated heterocycles. The Morgan fingerprint density at radius 3 is 2.72 bits per heavy atom. The molecular weight excluding hydrogens is 364 g/mol. The lowest BCUT2D eigenvalue weighted by atomic mass is 10.2. The van der Waals surface area contributed by atoms with Gasteiger partial charge in [-0.2, -0.15) is 0 Å². The summed E-state index contributed by atoms with van der Waals surface area (Å²) in [7, 11) is 0. The number of benzene rings is 2. The van der Waals surface area contributed by atoms with Crippen LogP contribution in [0.4, 0.5) is 5.69 Å². The van der Waals surface area contributed by atoms with Gasteiger partial charge in [-0.15, -0.1) is 11.3 Å². The summed E-state index contributed by atoms with van der Waals surface area (Å²) >= 11 is 7.24. The van der Waals surface area contributed by atoms with Crippen LogP contribution in [0.15, 0.2) is 53.9 Å². The van der Waals surface area contributed by atoms with Crippen molar-refractivity contribution in [3.8, 4) is 10.6 Å². The molecule has 0 saturated carbocycles. The number of esters is 1. The fourth-order valence-corrected chi connectivity index (χ4v) is 3.12. The first-order valence-electron chi connectivity index (χ1n) is 7.15. The Morgan fingerprint density at radius 2 is 2.00 bits per heavy atom. The first-order chi connectivity index (χ1) is 12.0. The minimum Gasteiger partial charge on any atom is -0.455 e. The van der Waals surface area contributed by atoms with Crippen LogP contribution in [0.2, 0.25) is 5.02 Å². The maximum atomic E-state index is 12.2. The molecule has 1 heterocycles. The smallest absolute Gasteiger partial charge is 0.345 e. The number of carbonyl (C=O) groups excluding carboxylic acids is 1. The summed E-state index contributed by atoms with van der Waals surface area (Å²) in [5, 5.41) is 13.8. The van der Waals surface area contributed by atoms with Crippen molar-refractivity contribution in [2.45, 2.75) is 6.61 Å². The number of rotatable bonds is 5. The van der Waals surface area contributed by atoms with Crippen molar-refractivity contribution in [3.63, 3.8) is 0 Å². The highest BCUT2D eigenvalue weighted by molar-refractivity contribution is 7.13. The highest BCUT2D eigenvalue weighted by atomic mass is 35.5. The number of thiazole rings is 1. The predicted molar refractivity (Wildman–Crippen MR) is 94.8 cm³/mol. The van der Waals surface area contributed by atoms with Gasteiger partial charge < -0.3 is 4.74 Å². The average Bonchev–Trinajstić information content (AvgIpc) is 3.09. The van der Waals surface area contributed by atoms with Gasteiger partial charge in [0, 0.05) is 22.0 Å². The molecule has 0 amide bonds. The Kier molecular flexibility index (Phi) is 5.06. The van der Waals surface area contributed by atoms with E-state index < -0.39 is 10.9 Å². The molecule has 0 atom stereocenters. The Bertz CT molecular complexity index is 927. The minimum atomic E-state index is -0.816. The molecule has 0 aliphatic carbocycles. The van der Waals surface area contributed by atoms with Crippen molar-refractivity contribution < 1.29 is 14.5 Å². The van der Waals surface area contributed by atoms with Gasteiger partial charge in [-0.1, -0.05) is 41.9 Å². The first kappa shape index (κ1) is 17.1. The fraction of sp³-hybridized carbons (Fsp3) is 0.0588. The third-order valence-electron chi connectivity index (χ3n) is 3.30. The van der Waals surface area contributed by atoms with Gasteiger partial charge in [0.2, 0.25) is 0 Å². The summed E-state index contributed by atoms with van der Waals surface area (Å²) in [6, 6.07) is 13.4. The molecule has 0 unspecified atom stereocenters. The second kappa shape index (κ2) is 7.42. The van der Waals surface area contributed by atoms with Crippen molar-refractivity contribution in [2.75, 3.05) is 0 Å². The van der Waals surface area contributed by atoms with Crippen molar-refractivity contribution in [1.29, 1.82) is 0 Å². The van der Waals surface area contributed by atoms with Crippen molar-refractivity contribution in [1.82, 2.24) is 4.98 Å². The van der Waals surface area contributed by atoms with E-state index >= 15 is 0 Å². The molecule has 3 aromatic rings. The number of aromatic nitrogens is 1. The lowest BCUT2D eigenvalue weighted by Gasteiger charge is -2.04. The van der Waals surface area contributed by atoms with Crippen LogP contribution in [0.5, 0.6) is 0 Å². The number of halogens is 1. The van der Waals surface area contributed by atoms with Gasteiger partial charge in [0.15, 0.2) is 0 Å². The van der Waals surface area contributed by atoms with E-state index in [0.717, 1.165) is 10.6 Å². The SMILES string of the molecule is O=C(OCc1csc(-c2ccccc2)n1)c1cc(Cl)ccc1[N+](=O)[O-]. The van der Waals surface area contributed by atoms with Gasteiger partial charge >= 0.3 is 5.97 Å². The van der Waals surface area contributed by atoms with Crippen LogP contribution in [0.25, 0.3) is 10.6 Å². The third kappa shape index (κ3) is 4.01. The molecule has 8 heteroatoms. The van der Waals surface area contributed by atoms with E-state index in [1.165, 1.54) is 29.5 Å². The zero-order valence-corrected chi connectivity index (χ0v) is 14.3. The lowest BCUT2D eigenvalue weighted by molar-refractivity contribution is -0.385. The van der Waals surface area contributed by atoms with Gasteiger partial charge in [-0.3, -0.25) is 10.1 Å². The molecule has 0 radical (unpaired) electrons. The Hall–Kier alpha value is -2.77. The molecule has 0 spiro atoms. The average molecular weight is 375 g/mol. The molecule has 25 heavy (non-hydrogen) atoms. The van der Waals surface area contributed by atoms with Crippen molar-refractivity contribution >= 4 is 34.6 Å². The highest BCUT2D eigenvalue weighted by Gasteiger charge is 2.22. The summed E-state index contributed by atoms with van der Waals surface area (Å²) in [4.78, 5) is 26.9. The molecule has 0 fully saturated rings. The number of hydrogen-bond acceptors (Lipinski definition) is 6. The van der Waals surface area contributed by atoms with Crippen LogP contribution in [0.3, 0.4) is 0 Å². The van der Waals surface area contributed by atoms with E-state index in [9.17, 15) is 14.9 Å². The summed E-state index contributed by atoms with van der Waals surface area (Å²) in [6.07, 6.45) is 0. The monoisotopic (exact) mass is 374 g/mol. The Labute approximate surface area is 151 Å². The quantitative estimate of drug-likeness (QED) is 0.366. The molecule has 126 valence electrons. The number of nitrogens with zero attached hydrogens (tertiary/aromatic N) is 2. The second-order valence-electron chi connectivity index (χ2n) is 5.00. The molecule has 0 N–H and O–H groups in total. The Balaban J connectivity index is 1.72. The van der Waals surface area contributed by atoms with Crippen LogP contribution in [0.1, 0.15) is 16.1 Å². The van der Waals surface area contributed by atoms with E-state index in [-0.39, 0.29) is 22.9 Å². The summed E-state index contributed by atoms with van der Waals surface area (Å²) in [5.41, 5.74) is 1.01. The second-order valence-corrected chi connectivity index (χ2v) is 6.30. The fourth-order valence-electron chi connectivity index (χ4n) is 2.13. The van der Waals surface area contributed by atoms with Crippen molar-refractivity contribution in [2.24, 2.45) is 0 Å². The molecule has 2 aromatic carbocycles. The minimum absolute atomic E-state index is 0.0775. The number of ether oxygens (including phenoxy) is 1. The number of nitro groups is 1. The Morgan fingerprint density at radius 1 is 1.24 bits per heavy atom. The number of hydrogen-bond donors (Lipinski definition) is 0. The molecule has 0 aliphatic heterocycles. The zero-order valence-electron chi connectivity index (χ0n) is 12.7. The topological polar surface area (TPSA) is 82.3 Å². The summed E-state index contributed by atoms with van der Waals surface area (Å²) < 4.78 is 5.15. The zero-order chi connectivity index (χ0) is 17.8.